The van der Waals surface area contributed by atoms with E-state index in [1.807, 2.05) is 38.1 Å². The third-order valence-corrected chi connectivity index (χ3v) is 5.47. The van der Waals surface area contributed by atoms with Crippen molar-refractivity contribution in [1.29, 1.82) is 0 Å². The van der Waals surface area contributed by atoms with Gasteiger partial charge in [0.1, 0.15) is 11.1 Å². The Hall–Kier alpha value is -3.15. The summed E-state index contributed by atoms with van der Waals surface area (Å²) < 4.78 is 9.21. The van der Waals surface area contributed by atoms with E-state index in [2.05, 4.69) is 23.4 Å². The van der Waals surface area contributed by atoms with Crippen LogP contribution < -0.4 is 5.56 Å². The summed E-state index contributed by atoms with van der Waals surface area (Å²) in [6.45, 7) is 9.17. The molecule has 3 aromatic heterocycles. The van der Waals surface area contributed by atoms with Crippen LogP contribution in [0.15, 0.2) is 45.9 Å². The van der Waals surface area contributed by atoms with E-state index in [4.69, 9.17) is 4.42 Å². The topological polar surface area (TPSA) is 70.0 Å². The number of benzene rings is 1. The third-order valence-electron chi connectivity index (χ3n) is 5.47. The molecule has 0 bridgehead atoms. The van der Waals surface area contributed by atoms with Gasteiger partial charge in [-0.2, -0.15) is 0 Å². The lowest BCUT2D eigenvalue weighted by atomic mass is 10.1. The Morgan fingerprint density at radius 3 is 2.72 bits per heavy atom. The van der Waals surface area contributed by atoms with E-state index in [-0.39, 0.29) is 23.5 Å². The average Bonchev–Trinajstić information content (AvgIpc) is 3.20. The van der Waals surface area contributed by atoms with Gasteiger partial charge in [0.05, 0.1) is 12.9 Å². The molecule has 0 aliphatic carbocycles. The monoisotopic (exact) mass is 391 g/mol. The van der Waals surface area contributed by atoms with Crippen molar-refractivity contribution in [3.8, 4) is 0 Å². The smallest absolute Gasteiger partial charge is 0.297 e. The molecule has 0 aliphatic heterocycles. The zero-order valence-electron chi connectivity index (χ0n) is 17.2. The minimum Gasteiger partial charge on any atom is -0.448 e. The minimum absolute atomic E-state index is 0.0622. The Balaban J connectivity index is 1.66. The molecule has 6 heteroatoms. The van der Waals surface area contributed by atoms with Crippen LogP contribution in [0.1, 0.15) is 42.0 Å². The summed E-state index contributed by atoms with van der Waals surface area (Å²) >= 11 is 0. The first-order valence-electron chi connectivity index (χ1n) is 9.93. The molecule has 0 aliphatic rings. The molecule has 1 aromatic carbocycles. The summed E-state index contributed by atoms with van der Waals surface area (Å²) in [5.41, 5.74) is 3.65. The Morgan fingerprint density at radius 2 is 1.97 bits per heavy atom. The maximum absolute atomic E-state index is 13.0. The highest BCUT2D eigenvalue weighted by Gasteiger charge is 2.19. The summed E-state index contributed by atoms with van der Waals surface area (Å²) in [4.78, 5) is 30.2. The van der Waals surface area contributed by atoms with Crippen LogP contribution in [0.4, 0.5) is 0 Å². The molecule has 3 heterocycles. The number of furan rings is 1. The van der Waals surface area contributed by atoms with Crippen LogP contribution in [-0.2, 0) is 13.1 Å². The van der Waals surface area contributed by atoms with Crippen LogP contribution in [0, 0.1) is 19.8 Å². The molecule has 0 saturated carbocycles. The van der Waals surface area contributed by atoms with Crippen molar-refractivity contribution in [3.05, 3.63) is 64.0 Å². The molecular weight excluding hydrogens is 366 g/mol. The number of Topliss-reactive ketones (excluding diaryl/α,β-unsaturated/α-hetero) is 1. The van der Waals surface area contributed by atoms with Crippen LogP contribution >= 0.6 is 0 Å². The minimum atomic E-state index is -0.340. The molecule has 0 atom stereocenters. The quantitative estimate of drug-likeness (QED) is 0.454. The molecule has 0 radical (unpaired) electrons. The normalized spacial score (nSPS) is 11.8. The average molecular weight is 391 g/mol. The summed E-state index contributed by atoms with van der Waals surface area (Å²) in [6, 6.07) is 9.31. The number of aromatic nitrogens is 3. The van der Waals surface area contributed by atoms with E-state index in [0.29, 0.717) is 22.6 Å². The van der Waals surface area contributed by atoms with Gasteiger partial charge in [0.25, 0.3) is 5.56 Å². The number of carbonyl (C=O) groups is 1. The molecule has 0 spiro atoms. The number of rotatable bonds is 6. The number of nitrogens with zero attached hydrogens (tertiary/aromatic N) is 3. The highest BCUT2D eigenvalue weighted by molar-refractivity contribution is 6.02. The fourth-order valence-corrected chi connectivity index (χ4v) is 3.78. The van der Waals surface area contributed by atoms with Crippen molar-refractivity contribution < 1.29 is 9.21 Å². The van der Waals surface area contributed by atoms with Gasteiger partial charge in [0.2, 0.25) is 5.58 Å². The van der Waals surface area contributed by atoms with Gasteiger partial charge in [-0.1, -0.05) is 26.0 Å². The first-order valence-corrected chi connectivity index (χ1v) is 9.93. The summed E-state index contributed by atoms with van der Waals surface area (Å²) in [7, 11) is 0. The SMILES string of the molecule is Cc1cc(C(=O)Cn2cnc3c(oc4ccccc43)c2=O)c(C)n1CCC(C)C. The highest BCUT2D eigenvalue weighted by Crippen LogP contribution is 2.24. The number of fused-ring (bicyclic) bond motifs is 3. The zero-order valence-corrected chi connectivity index (χ0v) is 17.2. The van der Waals surface area contributed by atoms with E-state index in [1.54, 1.807) is 6.07 Å². The van der Waals surface area contributed by atoms with Gasteiger partial charge in [-0.05, 0) is 44.4 Å². The van der Waals surface area contributed by atoms with Crippen molar-refractivity contribution in [3.63, 3.8) is 0 Å². The molecule has 4 rings (SSSR count). The van der Waals surface area contributed by atoms with Crippen LogP contribution in [-0.4, -0.2) is 19.9 Å². The fourth-order valence-electron chi connectivity index (χ4n) is 3.78. The second kappa shape index (κ2) is 7.35. The van der Waals surface area contributed by atoms with Crippen molar-refractivity contribution >= 4 is 27.9 Å². The number of carbonyl (C=O) groups excluding carboxylic acids is 1. The predicted octanol–water partition coefficient (Wildman–Crippen LogP) is 4.49. The molecule has 150 valence electrons. The van der Waals surface area contributed by atoms with Crippen molar-refractivity contribution in [2.75, 3.05) is 0 Å². The standard InChI is InChI=1S/C23H25N3O3/c1-14(2)9-10-26-15(3)11-18(16(26)4)19(27)12-25-13-24-21-17-7-5-6-8-20(17)29-22(21)23(25)28/h5-8,11,13-14H,9-10,12H2,1-4H3. The molecule has 29 heavy (non-hydrogen) atoms. The molecule has 0 fully saturated rings. The Labute approximate surface area is 168 Å². The Bertz CT molecular complexity index is 1270. The maximum atomic E-state index is 13.0. The Kier molecular flexibility index (Phi) is 4.86. The lowest BCUT2D eigenvalue weighted by Crippen LogP contribution is -2.24. The van der Waals surface area contributed by atoms with Gasteiger partial charge in [-0.25, -0.2) is 4.98 Å². The lowest BCUT2D eigenvalue weighted by molar-refractivity contribution is 0.0970. The van der Waals surface area contributed by atoms with Crippen molar-refractivity contribution in [2.24, 2.45) is 5.92 Å². The molecule has 0 unspecified atom stereocenters. The maximum Gasteiger partial charge on any atom is 0.297 e. The molecule has 0 amide bonds. The summed E-state index contributed by atoms with van der Waals surface area (Å²) in [5.74, 6) is 0.490. The number of aryl methyl sites for hydroxylation is 1. The van der Waals surface area contributed by atoms with Crippen LogP contribution in [0.5, 0.6) is 0 Å². The fraction of sp³-hybridized carbons (Fsp3) is 0.348. The molecule has 4 aromatic rings. The van der Waals surface area contributed by atoms with E-state index in [9.17, 15) is 9.59 Å². The van der Waals surface area contributed by atoms with Crippen molar-refractivity contribution in [2.45, 2.75) is 47.2 Å². The Morgan fingerprint density at radius 1 is 1.21 bits per heavy atom. The largest absolute Gasteiger partial charge is 0.448 e. The van der Waals surface area contributed by atoms with Gasteiger partial charge in [-0.3, -0.25) is 14.2 Å². The van der Waals surface area contributed by atoms with Gasteiger partial charge < -0.3 is 8.98 Å². The third kappa shape index (κ3) is 3.39. The van der Waals surface area contributed by atoms with Gasteiger partial charge >= 0.3 is 0 Å². The van der Waals surface area contributed by atoms with E-state index < -0.39 is 0 Å². The number of hydrogen-bond acceptors (Lipinski definition) is 4. The van der Waals surface area contributed by atoms with E-state index >= 15 is 0 Å². The zero-order chi connectivity index (χ0) is 20.7. The second-order valence-electron chi connectivity index (χ2n) is 8.00. The van der Waals surface area contributed by atoms with Crippen LogP contribution in [0.3, 0.4) is 0 Å². The molecular formula is C23H25N3O3. The van der Waals surface area contributed by atoms with Gasteiger partial charge in [0, 0.05) is 28.9 Å². The first kappa shape index (κ1) is 19.2. The summed E-state index contributed by atoms with van der Waals surface area (Å²) in [5, 5.41) is 0.798. The molecule has 0 saturated heterocycles. The number of hydrogen-bond donors (Lipinski definition) is 0. The summed E-state index contributed by atoms with van der Waals surface area (Å²) in [6.07, 6.45) is 2.48. The van der Waals surface area contributed by atoms with Gasteiger partial charge in [0.15, 0.2) is 5.78 Å². The highest BCUT2D eigenvalue weighted by atomic mass is 16.3. The van der Waals surface area contributed by atoms with Crippen LogP contribution in [0.2, 0.25) is 0 Å². The van der Waals surface area contributed by atoms with Crippen LogP contribution in [0.25, 0.3) is 22.1 Å². The number of ketones is 1. The predicted molar refractivity (Wildman–Crippen MR) is 113 cm³/mol. The van der Waals surface area contributed by atoms with E-state index in [0.717, 1.165) is 29.7 Å². The first-order chi connectivity index (χ1) is 13.9. The molecule has 0 N–H and O–H groups in total. The van der Waals surface area contributed by atoms with E-state index in [1.165, 1.54) is 10.9 Å². The van der Waals surface area contributed by atoms with Crippen molar-refractivity contribution in [1.82, 2.24) is 14.1 Å². The lowest BCUT2D eigenvalue weighted by Gasteiger charge is -2.11. The van der Waals surface area contributed by atoms with Gasteiger partial charge in [-0.15, -0.1) is 0 Å². The second-order valence-corrected chi connectivity index (χ2v) is 8.00. The molecule has 6 nitrogen and oxygen atoms in total. The number of para-hydroxylation sites is 1.